The predicted molar refractivity (Wildman–Crippen MR) is 75.0 cm³/mol. The molecule has 3 aromatic rings. The van der Waals surface area contributed by atoms with Gasteiger partial charge in [0.25, 0.3) is 0 Å². The number of rotatable bonds is 2. The van der Waals surface area contributed by atoms with Gasteiger partial charge in [0.15, 0.2) is 0 Å². The van der Waals surface area contributed by atoms with Crippen molar-refractivity contribution in [2.45, 2.75) is 6.18 Å². The molecule has 0 bridgehead atoms. The highest BCUT2D eigenvalue weighted by Gasteiger charge is 2.32. The van der Waals surface area contributed by atoms with Crippen LogP contribution in [0.15, 0.2) is 42.6 Å². The fourth-order valence-electron chi connectivity index (χ4n) is 2.37. The number of fused-ring (bicyclic) bond motifs is 1. The van der Waals surface area contributed by atoms with Gasteiger partial charge >= 0.3 is 6.18 Å². The number of carbonyl (C=O) groups excluding carboxylic acids is 1. The van der Waals surface area contributed by atoms with Gasteiger partial charge in [0.05, 0.1) is 17.3 Å². The lowest BCUT2D eigenvalue weighted by Gasteiger charge is -2.12. The molecule has 4 nitrogen and oxygen atoms in total. The van der Waals surface area contributed by atoms with Crippen molar-refractivity contribution < 1.29 is 18.0 Å². The van der Waals surface area contributed by atoms with Gasteiger partial charge in [0.2, 0.25) is 5.91 Å². The van der Waals surface area contributed by atoms with Crippen LogP contribution in [-0.4, -0.2) is 16.1 Å². The average Bonchev–Trinajstić information content (AvgIpc) is 2.93. The molecular weight excluding hydrogens is 295 g/mol. The van der Waals surface area contributed by atoms with Crippen molar-refractivity contribution in [1.82, 2.24) is 10.2 Å². The Morgan fingerprint density at radius 1 is 1.14 bits per heavy atom. The van der Waals surface area contributed by atoms with Crippen LogP contribution >= 0.6 is 0 Å². The summed E-state index contributed by atoms with van der Waals surface area (Å²) in [6.07, 6.45) is -3.09. The second kappa shape index (κ2) is 4.87. The Balaban J connectivity index is 2.36. The quantitative estimate of drug-likeness (QED) is 0.762. The lowest BCUT2D eigenvalue weighted by Crippen LogP contribution is -2.12. The molecule has 0 atom stereocenters. The van der Waals surface area contributed by atoms with E-state index in [2.05, 4.69) is 10.2 Å². The summed E-state index contributed by atoms with van der Waals surface area (Å²) < 4.78 is 39.2. The SMILES string of the molecule is NC(=O)c1ccccc1-c1cc(C(F)(F)F)cc2[nH]ncc12. The normalized spacial score (nSPS) is 11.8. The molecule has 1 heterocycles. The molecule has 0 aliphatic carbocycles. The van der Waals surface area contributed by atoms with Crippen LogP contribution in [0.3, 0.4) is 0 Å². The molecule has 3 rings (SSSR count). The number of nitrogens with one attached hydrogen (secondary N) is 1. The number of hydrogen-bond acceptors (Lipinski definition) is 2. The van der Waals surface area contributed by atoms with Gasteiger partial charge in [0.1, 0.15) is 0 Å². The first-order chi connectivity index (χ1) is 10.4. The van der Waals surface area contributed by atoms with E-state index in [9.17, 15) is 18.0 Å². The van der Waals surface area contributed by atoms with Crippen molar-refractivity contribution in [2.75, 3.05) is 0 Å². The molecule has 0 fully saturated rings. The molecule has 0 saturated carbocycles. The number of carbonyl (C=O) groups is 1. The van der Waals surface area contributed by atoms with Crippen molar-refractivity contribution >= 4 is 16.8 Å². The van der Waals surface area contributed by atoms with Gasteiger partial charge in [-0.3, -0.25) is 9.89 Å². The van der Waals surface area contributed by atoms with Crippen molar-refractivity contribution in [3.8, 4) is 11.1 Å². The Morgan fingerprint density at radius 2 is 1.86 bits per heavy atom. The first-order valence-electron chi connectivity index (χ1n) is 6.31. The van der Waals surface area contributed by atoms with Crippen molar-refractivity contribution in [1.29, 1.82) is 0 Å². The smallest absolute Gasteiger partial charge is 0.366 e. The maximum atomic E-state index is 13.1. The highest BCUT2D eigenvalue weighted by molar-refractivity contribution is 6.04. The van der Waals surface area contributed by atoms with Crippen LogP contribution in [0.4, 0.5) is 13.2 Å². The van der Waals surface area contributed by atoms with Gasteiger partial charge in [-0.05, 0) is 29.3 Å². The highest BCUT2D eigenvalue weighted by atomic mass is 19.4. The van der Waals surface area contributed by atoms with Crippen LogP contribution in [0.5, 0.6) is 0 Å². The molecule has 0 radical (unpaired) electrons. The molecule has 1 aromatic heterocycles. The van der Waals surface area contributed by atoms with E-state index in [0.29, 0.717) is 10.9 Å². The second-order valence-corrected chi connectivity index (χ2v) is 4.76. The Kier molecular flexibility index (Phi) is 3.13. The van der Waals surface area contributed by atoms with Crippen LogP contribution < -0.4 is 5.73 Å². The van der Waals surface area contributed by atoms with E-state index < -0.39 is 17.6 Å². The summed E-state index contributed by atoms with van der Waals surface area (Å²) in [5.41, 5.74) is 5.48. The van der Waals surface area contributed by atoms with Crippen molar-refractivity contribution in [2.24, 2.45) is 5.73 Å². The fraction of sp³-hybridized carbons (Fsp3) is 0.0667. The number of benzene rings is 2. The number of aromatic amines is 1. The molecule has 22 heavy (non-hydrogen) atoms. The van der Waals surface area contributed by atoms with Gasteiger partial charge in [0, 0.05) is 10.9 Å². The van der Waals surface area contributed by atoms with E-state index in [1.165, 1.54) is 12.3 Å². The minimum absolute atomic E-state index is 0.157. The zero-order valence-corrected chi connectivity index (χ0v) is 11.1. The molecule has 0 unspecified atom stereocenters. The Hall–Kier alpha value is -2.83. The Bertz CT molecular complexity index is 868. The molecule has 0 saturated heterocycles. The molecule has 1 amide bonds. The number of nitrogens with two attached hydrogens (primary N) is 1. The standard InChI is InChI=1S/C15H10F3N3O/c16-15(17,18)8-5-11(12-7-20-21-13(12)6-8)9-3-1-2-4-10(9)14(19)22/h1-7H,(H2,19,22)(H,20,21). The minimum Gasteiger partial charge on any atom is -0.366 e. The molecule has 112 valence electrons. The zero-order valence-electron chi connectivity index (χ0n) is 11.1. The van der Waals surface area contributed by atoms with Crippen LogP contribution in [0.1, 0.15) is 15.9 Å². The summed E-state index contributed by atoms with van der Waals surface area (Å²) in [6.45, 7) is 0. The van der Waals surface area contributed by atoms with Crippen LogP contribution in [0.2, 0.25) is 0 Å². The van der Waals surface area contributed by atoms with Gasteiger partial charge in [-0.25, -0.2) is 0 Å². The Morgan fingerprint density at radius 3 is 2.55 bits per heavy atom. The lowest BCUT2D eigenvalue weighted by molar-refractivity contribution is -0.137. The number of alkyl halides is 3. The van der Waals surface area contributed by atoms with Crippen molar-refractivity contribution in [3.05, 3.63) is 53.7 Å². The monoisotopic (exact) mass is 305 g/mol. The van der Waals surface area contributed by atoms with Crippen molar-refractivity contribution in [3.63, 3.8) is 0 Å². The highest BCUT2D eigenvalue weighted by Crippen LogP contribution is 2.37. The second-order valence-electron chi connectivity index (χ2n) is 4.76. The lowest BCUT2D eigenvalue weighted by atomic mass is 9.95. The van der Waals surface area contributed by atoms with E-state index in [4.69, 9.17) is 5.73 Å². The van der Waals surface area contributed by atoms with E-state index >= 15 is 0 Å². The summed E-state index contributed by atoms with van der Waals surface area (Å²) in [7, 11) is 0. The maximum Gasteiger partial charge on any atom is 0.416 e. The van der Waals surface area contributed by atoms with Gasteiger partial charge in [-0.15, -0.1) is 0 Å². The number of primary amides is 1. The molecule has 0 aliphatic heterocycles. The van der Waals surface area contributed by atoms with E-state index in [1.807, 2.05) is 0 Å². The fourth-order valence-corrected chi connectivity index (χ4v) is 2.37. The summed E-state index contributed by atoms with van der Waals surface area (Å²) >= 11 is 0. The molecule has 0 aliphatic rings. The number of halogens is 3. The third-order valence-electron chi connectivity index (χ3n) is 3.37. The van der Waals surface area contributed by atoms with Gasteiger partial charge in [-0.1, -0.05) is 18.2 Å². The van der Waals surface area contributed by atoms with Crippen LogP contribution in [0, 0.1) is 0 Å². The van der Waals surface area contributed by atoms with Gasteiger partial charge in [-0.2, -0.15) is 18.3 Å². The average molecular weight is 305 g/mol. The topological polar surface area (TPSA) is 71.8 Å². The Labute approximate surface area is 122 Å². The third kappa shape index (κ3) is 2.30. The van der Waals surface area contributed by atoms with Gasteiger partial charge < -0.3 is 5.73 Å². The number of hydrogen-bond donors (Lipinski definition) is 2. The summed E-state index contributed by atoms with van der Waals surface area (Å²) in [6, 6.07) is 8.25. The summed E-state index contributed by atoms with van der Waals surface area (Å²) in [5, 5.41) is 6.79. The number of aromatic nitrogens is 2. The molecule has 2 aromatic carbocycles. The molecule has 3 N–H and O–H groups in total. The largest absolute Gasteiger partial charge is 0.416 e. The van der Waals surface area contributed by atoms with Crippen LogP contribution in [-0.2, 0) is 6.18 Å². The van der Waals surface area contributed by atoms with E-state index in [-0.39, 0.29) is 16.6 Å². The van der Waals surface area contributed by atoms with E-state index in [1.54, 1.807) is 18.2 Å². The number of amides is 1. The molecular formula is C15H10F3N3O. The zero-order chi connectivity index (χ0) is 15.9. The number of H-pyrrole nitrogens is 1. The summed E-state index contributed by atoms with van der Waals surface area (Å²) in [4.78, 5) is 11.5. The first-order valence-corrected chi connectivity index (χ1v) is 6.31. The van der Waals surface area contributed by atoms with E-state index in [0.717, 1.165) is 12.1 Å². The van der Waals surface area contributed by atoms with Crippen LogP contribution in [0.25, 0.3) is 22.0 Å². The minimum atomic E-state index is -4.50. The predicted octanol–water partition coefficient (Wildman–Crippen LogP) is 3.35. The molecule has 0 spiro atoms. The third-order valence-corrected chi connectivity index (χ3v) is 3.37. The maximum absolute atomic E-state index is 13.1. The first kappa shape index (κ1) is 14.1. The molecule has 7 heteroatoms. The number of nitrogens with zero attached hydrogens (tertiary/aromatic N) is 1. The summed E-state index contributed by atoms with van der Waals surface area (Å²) in [5.74, 6) is -0.704.